The van der Waals surface area contributed by atoms with Gasteiger partial charge < -0.3 is 10.6 Å². The Morgan fingerprint density at radius 2 is 2.07 bits per heavy atom. The smallest absolute Gasteiger partial charge is 0.321 e. The van der Waals surface area contributed by atoms with Crippen LogP contribution in [-0.2, 0) is 6.42 Å². The zero-order chi connectivity index (χ0) is 19.2. The van der Waals surface area contributed by atoms with Crippen LogP contribution >= 0.6 is 22.7 Å². The first-order chi connectivity index (χ1) is 13.8. The summed E-state index contributed by atoms with van der Waals surface area (Å²) in [7, 11) is 0. The van der Waals surface area contributed by atoms with E-state index in [1.807, 2.05) is 17.6 Å². The third-order valence-electron chi connectivity index (χ3n) is 4.96. The van der Waals surface area contributed by atoms with Crippen molar-refractivity contribution in [1.29, 1.82) is 0 Å². The highest BCUT2D eigenvalue weighted by molar-refractivity contribution is 7.17. The highest BCUT2D eigenvalue weighted by atomic mass is 32.1. The number of hydrogen-bond acceptors (Lipinski definition) is 7. The number of hydrogen-bond donors (Lipinski definition) is 3. The molecule has 3 N–H and O–H groups in total. The number of nitrogens with zero attached hydrogens (tertiary/aromatic N) is 3. The van der Waals surface area contributed by atoms with E-state index in [9.17, 15) is 4.79 Å². The van der Waals surface area contributed by atoms with E-state index in [1.165, 1.54) is 43.4 Å². The first-order valence-electron chi connectivity index (χ1n) is 9.69. The van der Waals surface area contributed by atoms with Crippen LogP contribution in [0.3, 0.4) is 0 Å². The Morgan fingerprint density at radius 3 is 2.96 bits per heavy atom. The van der Waals surface area contributed by atoms with Gasteiger partial charge in [0.1, 0.15) is 12.1 Å². The number of carbonyl (C=O) groups excluding carboxylic acids is 1. The van der Waals surface area contributed by atoms with Crippen molar-refractivity contribution in [2.75, 3.05) is 23.7 Å². The number of rotatable bonds is 7. The van der Waals surface area contributed by atoms with Crippen molar-refractivity contribution in [1.82, 2.24) is 20.3 Å². The maximum absolute atomic E-state index is 12.1. The van der Waals surface area contributed by atoms with Crippen molar-refractivity contribution in [3.05, 3.63) is 28.8 Å². The predicted molar refractivity (Wildman–Crippen MR) is 115 cm³/mol. The topological polar surface area (TPSA) is 91.8 Å². The van der Waals surface area contributed by atoms with Crippen LogP contribution in [0.1, 0.15) is 37.0 Å². The fourth-order valence-corrected chi connectivity index (χ4v) is 5.09. The second-order valence-corrected chi connectivity index (χ2v) is 9.04. The van der Waals surface area contributed by atoms with Crippen LogP contribution in [0.15, 0.2) is 24.0 Å². The quantitative estimate of drug-likeness (QED) is 0.527. The SMILES string of the molecule is O=C(NCC1CCCCC1)Nc1ncc(CCNc2ncnc3ccsc23)s1. The summed E-state index contributed by atoms with van der Waals surface area (Å²) in [5, 5.41) is 11.9. The lowest BCUT2D eigenvalue weighted by Gasteiger charge is -2.21. The third kappa shape index (κ3) is 4.96. The lowest BCUT2D eigenvalue weighted by molar-refractivity contribution is 0.247. The number of carbonyl (C=O) groups is 1. The third-order valence-corrected chi connectivity index (χ3v) is 6.84. The fraction of sp³-hybridized carbons (Fsp3) is 0.474. The maximum Gasteiger partial charge on any atom is 0.321 e. The standard InChI is InChI=1S/C19H24N6OS2/c26-18(21-10-13-4-2-1-3-5-13)25-19-22-11-14(28-19)6-8-20-17-16-15(7-9-27-16)23-12-24-17/h7,9,11-13H,1-6,8,10H2,(H,20,23,24)(H2,21,22,25,26). The maximum atomic E-state index is 12.1. The molecule has 0 atom stereocenters. The molecule has 2 amide bonds. The predicted octanol–water partition coefficient (Wildman–Crippen LogP) is 4.50. The number of nitrogens with one attached hydrogen (secondary N) is 3. The van der Waals surface area contributed by atoms with E-state index >= 15 is 0 Å². The van der Waals surface area contributed by atoms with Gasteiger partial charge in [-0.15, -0.1) is 22.7 Å². The summed E-state index contributed by atoms with van der Waals surface area (Å²) in [6, 6.07) is 1.83. The largest absolute Gasteiger partial charge is 0.368 e. The van der Waals surface area contributed by atoms with E-state index < -0.39 is 0 Å². The summed E-state index contributed by atoms with van der Waals surface area (Å²) < 4.78 is 1.07. The van der Waals surface area contributed by atoms with E-state index in [1.54, 1.807) is 17.7 Å². The highest BCUT2D eigenvalue weighted by Crippen LogP contribution is 2.25. The Morgan fingerprint density at radius 1 is 1.18 bits per heavy atom. The van der Waals surface area contributed by atoms with Gasteiger partial charge in [0.25, 0.3) is 0 Å². The number of thiazole rings is 1. The molecule has 0 aliphatic heterocycles. The molecule has 3 aromatic heterocycles. The van der Waals surface area contributed by atoms with E-state index in [0.29, 0.717) is 11.0 Å². The number of thiophene rings is 1. The van der Waals surface area contributed by atoms with Crippen molar-refractivity contribution in [3.63, 3.8) is 0 Å². The van der Waals surface area contributed by atoms with Gasteiger partial charge in [-0.1, -0.05) is 19.3 Å². The minimum Gasteiger partial charge on any atom is -0.368 e. The molecule has 0 spiro atoms. The van der Waals surface area contributed by atoms with Crippen LogP contribution in [0, 0.1) is 5.92 Å². The van der Waals surface area contributed by atoms with Gasteiger partial charge in [-0.2, -0.15) is 0 Å². The fourth-order valence-electron chi connectivity index (χ4n) is 3.47. The van der Waals surface area contributed by atoms with E-state index in [4.69, 9.17) is 0 Å². The Labute approximate surface area is 172 Å². The van der Waals surface area contributed by atoms with Crippen molar-refractivity contribution in [2.24, 2.45) is 5.92 Å². The van der Waals surface area contributed by atoms with Crippen LogP contribution in [0.2, 0.25) is 0 Å². The minimum atomic E-state index is -0.161. The second kappa shape index (κ2) is 9.29. The van der Waals surface area contributed by atoms with E-state index in [0.717, 1.165) is 40.4 Å². The molecule has 3 aromatic rings. The zero-order valence-electron chi connectivity index (χ0n) is 15.6. The molecule has 4 rings (SSSR count). The normalized spacial score (nSPS) is 14.9. The number of aromatic nitrogens is 3. The van der Waals surface area contributed by atoms with Crippen molar-refractivity contribution in [3.8, 4) is 0 Å². The molecule has 0 aromatic carbocycles. The van der Waals surface area contributed by atoms with Crippen LogP contribution < -0.4 is 16.0 Å². The summed E-state index contributed by atoms with van der Waals surface area (Å²) in [5.74, 6) is 1.49. The Hall–Kier alpha value is -2.26. The zero-order valence-corrected chi connectivity index (χ0v) is 17.2. The average molecular weight is 417 g/mol. The van der Waals surface area contributed by atoms with Crippen molar-refractivity contribution < 1.29 is 4.79 Å². The van der Waals surface area contributed by atoms with Crippen molar-refractivity contribution in [2.45, 2.75) is 38.5 Å². The van der Waals surface area contributed by atoms with Gasteiger partial charge in [0.15, 0.2) is 5.13 Å². The molecule has 1 fully saturated rings. The number of urea groups is 1. The van der Waals surface area contributed by atoms with Gasteiger partial charge in [0.2, 0.25) is 0 Å². The van der Waals surface area contributed by atoms with Crippen LogP contribution in [0.5, 0.6) is 0 Å². The van der Waals surface area contributed by atoms with Gasteiger partial charge in [-0.25, -0.2) is 19.7 Å². The molecule has 0 bridgehead atoms. The second-order valence-electron chi connectivity index (χ2n) is 7.00. The molecule has 9 heteroatoms. The van der Waals surface area contributed by atoms with E-state index in [-0.39, 0.29) is 6.03 Å². The molecular weight excluding hydrogens is 392 g/mol. The summed E-state index contributed by atoms with van der Waals surface area (Å²) in [6.45, 7) is 1.50. The monoisotopic (exact) mass is 416 g/mol. The average Bonchev–Trinajstić information content (AvgIpc) is 3.37. The Bertz CT molecular complexity index is 918. The highest BCUT2D eigenvalue weighted by Gasteiger charge is 2.14. The molecule has 3 heterocycles. The molecule has 28 heavy (non-hydrogen) atoms. The molecule has 7 nitrogen and oxygen atoms in total. The molecule has 0 radical (unpaired) electrons. The lowest BCUT2D eigenvalue weighted by atomic mass is 9.89. The number of amides is 2. The summed E-state index contributed by atoms with van der Waals surface area (Å²) in [6.07, 6.45) is 10.6. The van der Waals surface area contributed by atoms with E-state index in [2.05, 4.69) is 30.9 Å². The Balaban J connectivity index is 1.21. The van der Waals surface area contributed by atoms with Gasteiger partial charge in [0, 0.05) is 30.6 Å². The molecule has 148 valence electrons. The van der Waals surface area contributed by atoms with Gasteiger partial charge in [-0.3, -0.25) is 5.32 Å². The summed E-state index contributed by atoms with van der Waals surface area (Å²) in [5.41, 5.74) is 0.964. The van der Waals surface area contributed by atoms with Crippen LogP contribution in [0.25, 0.3) is 10.2 Å². The Kier molecular flexibility index (Phi) is 6.33. The number of anilines is 2. The van der Waals surface area contributed by atoms with Gasteiger partial charge in [0.05, 0.1) is 10.2 Å². The minimum absolute atomic E-state index is 0.161. The molecule has 1 saturated carbocycles. The molecule has 1 aliphatic rings. The summed E-state index contributed by atoms with van der Waals surface area (Å²) >= 11 is 3.14. The molecule has 0 unspecified atom stereocenters. The van der Waals surface area contributed by atoms with Crippen molar-refractivity contribution >= 4 is 49.9 Å². The molecule has 1 aliphatic carbocycles. The van der Waals surface area contributed by atoms with Crippen LogP contribution in [-0.4, -0.2) is 34.1 Å². The first-order valence-corrected chi connectivity index (χ1v) is 11.4. The lowest BCUT2D eigenvalue weighted by Crippen LogP contribution is -2.33. The molecule has 0 saturated heterocycles. The number of fused-ring (bicyclic) bond motifs is 1. The van der Waals surface area contributed by atoms with Crippen LogP contribution in [0.4, 0.5) is 15.7 Å². The van der Waals surface area contributed by atoms with Gasteiger partial charge >= 0.3 is 6.03 Å². The molecular formula is C19H24N6OS2. The summed E-state index contributed by atoms with van der Waals surface area (Å²) in [4.78, 5) is 26.1. The van der Waals surface area contributed by atoms with Gasteiger partial charge in [-0.05, 0) is 30.2 Å². The first kappa shape index (κ1) is 19.1.